The van der Waals surface area contributed by atoms with Crippen molar-refractivity contribution in [2.45, 2.75) is 26.3 Å². The van der Waals surface area contributed by atoms with E-state index in [1.807, 2.05) is 18.4 Å². The molecule has 3 amide bonds. The Morgan fingerprint density at radius 3 is 2.79 bits per heavy atom. The van der Waals surface area contributed by atoms with Crippen molar-refractivity contribution in [2.75, 3.05) is 0 Å². The Morgan fingerprint density at radius 1 is 1.58 bits per heavy atom. The zero-order chi connectivity index (χ0) is 14.0. The Morgan fingerprint density at radius 2 is 2.32 bits per heavy atom. The molecule has 0 bridgehead atoms. The van der Waals surface area contributed by atoms with Crippen LogP contribution in [0.3, 0.4) is 0 Å². The van der Waals surface area contributed by atoms with Gasteiger partial charge in [0, 0.05) is 4.88 Å². The number of hydrogen-bond donors (Lipinski definition) is 1. The first-order valence-corrected chi connectivity index (χ1v) is 6.57. The number of nitrogens with zero attached hydrogens (tertiary/aromatic N) is 2. The van der Waals surface area contributed by atoms with Gasteiger partial charge in [0.2, 0.25) is 18.2 Å². The summed E-state index contributed by atoms with van der Waals surface area (Å²) in [5.41, 5.74) is 0.763. The number of thiophene rings is 1. The number of aryl methyl sites for hydroxylation is 1. The van der Waals surface area contributed by atoms with Crippen LogP contribution in [0.1, 0.15) is 18.2 Å². The third-order valence-corrected chi connectivity index (χ3v) is 3.72. The minimum atomic E-state index is -0.798. The van der Waals surface area contributed by atoms with Gasteiger partial charge in [0.05, 0.1) is 12.1 Å². The van der Waals surface area contributed by atoms with Crippen LogP contribution in [-0.2, 0) is 14.4 Å². The Labute approximate surface area is 114 Å². The van der Waals surface area contributed by atoms with E-state index in [1.165, 1.54) is 4.90 Å². The summed E-state index contributed by atoms with van der Waals surface area (Å²) >= 11 is 1.55. The van der Waals surface area contributed by atoms with Crippen molar-refractivity contribution in [1.29, 1.82) is 0 Å². The first-order valence-electron chi connectivity index (χ1n) is 5.69. The maximum atomic E-state index is 11.6. The lowest BCUT2D eigenvalue weighted by molar-refractivity contribution is -0.128. The van der Waals surface area contributed by atoms with Crippen LogP contribution in [0, 0.1) is 6.92 Å². The third-order valence-electron chi connectivity index (χ3n) is 2.88. The third kappa shape index (κ3) is 2.70. The smallest absolute Gasteiger partial charge is 0.250 e. The van der Waals surface area contributed by atoms with Crippen molar-refractivity contribution in [3.05, 3.63) is 16.3 Å². The van der Waals surface area contributed by atoms with Crippen LogP contribution >= 0.6 is 11.3 Å². The molecule has 1 aliphatic rings. The number of imide groups is 1. The minimum absolute atomic E-state index is 0.0208. The van der Waals surface area contributed by atoms with Gasteiger partial charge in [-0.3, -0.25) is 24.6 Å². The molecule has 1 atom stereocenters. The Bertz CT molecular complexity index is 564. The van der Waals surface area contributed by atoms with Gasteiger partial charge in [-0.05, 0) is 25.3 Å². The van der Waals surface area contributed by atoms with Crippen molar-refractivity contribution in [2.24, 2.45) is 4.99 Å². The molecule has 1 saturated heterocycles. The van der Waals surface area contributed by atoms with Gasteiger partial charge in [-0.1, -0.05) is 0 Å². The fourth-order valence-corrected chi connectivity index (χ4v) is 2.50. The van der Waals surface area contributed by atoms with Crippen LogP contribution in [0.5, 0.6) is 0 Å². The van der Waals surface area contributed by atoms with Gasteiger partial charge in [0.25, 0.3) is 0 Å². The van der Waals surface area contributed by atoms with E-state index in [1.54, 1.807) is 18.3 Å². The second kappa shape index (κ2) is 5.31. The highest BCUT2D eigenvalue weighted by Crippen LogP contribution is 2.24. The zero-order valence-electron chi connectivity index (χ0n) is 10.5. The number of aliphatic imine (C=N–C) groups is 1. The molecule has 7 heteroatoms. The van der Waals surface area contributed by atoms with E-state index in [0.717, 1.165) is 10.6 Å². The van der Waals surface area contributed by atoms with Crippen LogP contribution in [0.25, 0.3) is 0 Å². The van der Waals surface area contributed by atoms with Gasteiger partial charge >= 0.3 is 0 Å². The Kier molecular flexibility index (Phi) is 3.75. The number of amidine groups is 1. The van der Waals surface area contributed by atoms with Gasteiger partial charge in [-0.25, -0.2) is 4.99 Å². The molecule has 0 aliphatic carbocycles. The van der Waals surface area contributed by atoms with Crippen LogP contribution in [0.4, 0.5) is 5.69 Å². The van der Waals surface area contributed by atoms with Crippen molar-refractivity contribution < 1.29 is 14.4 Å². The maximum Gasteiger partial charge on any atom is 0.250 e. The summed E-state index contributed by atoms with van der Waals surface area (Å²) in [6.07, 6.45) is 0.510. The van der Waals surface area contributed by atoms with Gasteiger partial charge < -0.3 is 0 Å². The average Bonchev–Trinajstić information content (AvgIpc) is 2.88. The fourth-order valence-electron chi connectivity index (χ4n) is 1.87. The molecule has 6 nitrogen and oxygen atoms in total. The lowest BCUT2D eigenvalue weighted by atomic mass is 10.2. The van der Waals surface area contributed by atoms with E-state index in [2.05, 4.69) is 10.3 Å². The van der Waals surface area contributed by atoms with Gasteiger partial charge in [-0.15, -0.1) is 11.3 Å². The first-order chi connectivity index (χ1) is 9.02. The Balaban J connectivity index is 2.25. The van der Waals surface area contributed by atoms with Gasteiger partial charge in [0.15, 0.2) is 0 Å². The van der Waals surface area contributed by atoms with Crippen LogP contribution in [0.15, 0.2) is 16.4 Å². The molecule has 0 radical (unpaired) electrons. The summed E-state index contributed by atoms with van der Waals surface area (Å²) in [4.78, 5) is 40.4. The molecule has 2 rings (SSSR count). The summed E-state index contributed by atoms with van der Waals surface area (Å²) in [5, 5.41) is 4.08. The van der Waals surface area contributed by atoms with E-state index < -0.39 is 11.9 Å². The number of carbonyl (C=O) groups excluding carboxylic acids is 3. The summed E-state index contributed by atoms with van der Waals surface area (Å²) in [6, 6.07) is 1.04. The van der Waals surface area contributed by atoms with E-state index in [4.69, 9.17) is 0 Å². The highest BCUT2D eigenvalue weighted by atomic mass is 32.1. The molecule has 1 aromatic rings. The van der Waals surface area contributed by atoms with Crippen molar-refractivity contribution in [1.82, 2.24) is 10.2 Å². The second-order valence-corrected chi connectivity index (χ2v) is 5.29. The molecule has 1 fully saturated rings. The lowest BCUT2D eigenvalue weighted by Gasteiger charge is -2.21. The normalized spacial score (nSPS) is 19.5. The number of hydrogen-bond acceptors (Lipinski definition) is 5. The van der Waals surface area contributed by atoms with E-state index in [-0.39, 0.29) is 12.3 Å². The standard InChI is InChI=1S/C12H13N3O3S/c1-7-9(3-4-19-7)13-8(2)15(6-16)10-5-11(17)14-12(10)18/h3-4,6,10H,5H2,1-2H3,(H,14,17,18)/b13-8-. The lowest BCUT2D eigenvalue weighted by Crippen LogP contribution is -2.42. The Hall–Kier alpha value is -2.02. The summed E-state index contributed by atoms with van der Waals surface area (Å²) < 4.78 is 0. The summed E-state index contributed by atoms with van der Waals surface area (Å²) in [5.74, 6) is -0.443. The highest BCUT2D eigenvalue weighted by molar-refractivity contribution is 7.10. The zero-order valence-corrected chi connectivity index (χ0v) is 11.4. The van der Waals surface area contributed by atoms with Gasteiger partial charge in [-0.2, -0.15) is 0 Å². The minimum Gasteiger partial charge on any atom is -0.295 e. The molecule has 1 unspecified atom stereocenters. The average molecular weight is 279 g/mol. The molecule has 19 heavy (non-hydrogen) atoms. The monoisotopic (exact) mass is 279 g/mol. The molecule has 0 spiro atoms. The second-order valence-electron chi connectivity index (χ2n) is 4.17. The van der Waals surface area contributed by atoms with E-state index in [9.17, 15) is 14.4 Å². The SMILES string of the molecule is C/C(=N/c1ccsc1C)N(C=O)C1CC(=O)NC1=O. The van der Waals surface area contributed by atoms with Crippen LogP contribution < -0.4 is 5.32 Å². The van der Waals surface area contributed by atoms with E-state index >= 15 is 0 Å². The molecule has 1 N–H and O–H groups in total. The van der Waals surface area contributed by atoms with Crippen molar-refractivity contribution >= 4 is 41.1 Å². The highest BCUT2D eigenvalue weighted by Gasteiger charge is 2.36. The van der Waals surface area contributed by atoms with E-state index in [0.29, 0.717) is 12.2 Å². The van der Waals surface area contributed by atoms with Gasteiger partial charge in [0.1, 0.15) is 11.9 Å². The van der Waals surface area contributed by atoms with Crippen LogP contribution in [0.2, 0.25) is 0 Å². The maximum absolute atomic E-state index is 11.6. The molecular weight excluding hydrogens is 266 g/mol. The van der Waals surface area contributed by atoms with Crippen molar-refractivity contribution in [3.8, 4) is 0 Å². The summed E-state index contributed by atoms with van der Waals surface area (Å²) in [6.45, 7) is 3.56. The number of amides is 3. The first kappa shape index (κ1) is 13.4. The predicted octanol–water partition coefficient (Wildman–Crippen LogP) is 0.980. The molecule has 0 aromatic carbocycles. The molecular formula is C12H13N3O3S. The molecule has 1 aromatic heterocycles. The number of rotatable bonds is 3. The number of carbonyl (C=O) groups is 3. The largest absolute Gasteiger partial charge is 0.295 e. The summed E-state index contributed by atoms with van der Waals surface area (Å²) in [7, 11) is 0. The topological polar surface area (TPSA) is 78.8 Å². The molecule has 1 aliphatic heterocycles. The quantitative estimate of drug-likeness (QED) is 0.388. The molecule has 100 valence electrons. The fraction of sp³-hybridized carbons (Fsp3) is 0.333. The van der Waals surface area contributed by atoms with Crippen LogP contribution in [-0.4, -0.2) is 35.0 Å². The molecule has 0 saturated carbocycles. The predicted molar refractivity (Wildman–Crippen MR) is 71.3 cm³/mol. The number of nitrogens with one attached hydrogen (secondary N) is 1. The molecule has 2 heterocycles. The van der Waals surface area contributed by atoms with Crippen molar-refractivity contribution in [3.63, 3.8) is 0 Å².